The third kappa shape index (κ3) is 4.29. The van der Waals surface area contributed by atoms with Crippen molar-refractivity contribution >= 4 is 11.6 Å². The smallest absolute Gasteiger partial charge is 0.237 e. The predicted molar refractivity (Wildman–Crippen MR) is 99.5 cm³/mol. The molecular formula is C20H31N3O. The maximum absolute atomic E-state index is 12.4. The van der Waals surface area contributed by atoms with Crippen molar-refractivity contribution < 1.29 is 4.79 Å². The van der Waals surface area contributed by atoms with Gasteiger partial charge in [-0.3, -0.25) is 9.69 Å². The Labute approximate surface area is 146 Å². The van der Waals surface area contributed by atoms with Gasteiger partial charge in [-0.05, 0) is 57.3 Å². The van der Waals surface area contributed by atoms with Gasteiger partial charge in [-0.2, -0.15) is 0 Å². The molecule has 24 heavy (non-hydrogen) atoms. The highest BCUT2D eigenvalue weighted by atomic mass is 16.2. The predicted octanol–water partition coefficient (Wildman–Crippen LogP) is 2.82. The van der Waals surface area contributed by atoms with Crippen LogP contribution in [0.15, 0.2) is 24.3 Å². The normalized spacial score (nSPS) is 21.9. The van der Waals surface area contributed by atoms with Crippen LogP contribution in [0.4, 0.5) is 5.69 Å². The highest BCUT2D eigenvalue weighted by Gasteiger charge is 2.24. The Balaban J connectivity index is 1.43. The number of aryl methyl sites for hydroxylation is 1. The zero-order valence-corrected chi connectivity index (χ0v) is 15.0. The zero-order chi connectivity index (χ0) is 16.8. The summed E-state index contributed by atoms with van der Waals surface area (Å²) in [4.78, 5) is 17.1. The topological polar surface area (TPSA) is 35.6 Å². The highest BCUT2D eigenvalue weighted by Crippen LogP contribution is 2.26. The van der Waals surface area contributed by atoms with Crippen molar-refractivity contribution in [3.63, 3.8) is 0 Å². The molecule has 4 nitrogen and oxygen atoms in total. The van der Waals surface area contributed by atoms with Crippen LogP contribution < -0.4 is 10.2 Å². The molecule has 2 aliphatic heterocycles. The second kappa shape index (κ2) is 8.52. The molecular weight excluding hydrogens is 298 g/mol. The monoisotopic (exact) mass is 329 g/mol. The van der Waals surface area contributed by atoms with Gasteiger partial charge < -0.3 is 10.2 Å². The quantitative estimate of drug-likeness (QED) is 0.844. The second-order valence-corrected chi connectivity index (χ2v) is 7.21. The van der Waals surface area contributed by atoms with E-state index in [0.717, 1.165) is 39.0 Å². The molecule has 1 atom stereocenters. The van der Waals surface area contributed by atoms with Crippen molar-refractivity contribution in [2.75, 3.05) is 38.1 Å². The summed E-state index contributed by atoms with van der Waals surface area (Å²) in [5.41, 5.74) is 2.85. The lowest BCUT2D eigenvalue weighted by Gasteiger charge is -2.31. The van der Waals surface area contributed by atoms with Crippen LogP contribution in [0.5, 0.6) is 0 Å². The van der Waals surface area contributed by atoms with Gasteiger partial charge in [0.2, 0.25) is 5.91 Å². The zero-order valence-electron chi connectivity index (χ0n) is 15.0. The number of para-hydroxylation sites is 1. The minimum absolute atomic E-state index is 0.0724. The van der Waals surface area contributed by atoms with Gasteiger partial charge in [0.25, 0.3) is 0 Å². The molecule has 0 aromatic heterocycles. The summed E-state index contributed by atoms with van der Waals surface area (Å²) >= 11 is 0. The average Bonchev–Trinajstić information content (AvgIpc) is 2.83. The highest BCUT2D eigenvalue weighted by molar-refractivity contribution is 5.81. The Morgan fingerprint density at radius 1 is 1.17 bits per heavy atom. The Morgan fingerprint density at radius 2 is 2.04 bits per heavy atom. The third-order valence-corrected chi connectivity index (χ3v) is 5.43. The largest absolute Gasteiger partial charge is 0.371 e. The van der Waals surface area contributed by atoms with E-state index in [0.29, 0.717) is 0 Å². The molecule has 2 aliphatic rings. The number of hydrogen-bond acceptors (Lipinski definition) is 3. The first-order valence-corrected chi connectivity index (χ1v) is 9.56. The van der Waals surface area contributed by atoms with Gasteiger partial charge in [0.1, 0.15) is 0 Å². The van der Waals surface area contributed by atoms with Crippen molar-refractivity contribution in [2.24, 2.45) is 0 Å². The fraction of sp³-hybridized carbons (Fsp3) is 0.650. The van der Waals surface area contributed by atoms with E-state index in [1.165, 1.54) is 43.4 Å². The van der Waals surface area contributed by atoms with Gasteiger partial charge in [0.05, 0.1) is 6.04 Å². The van der Waals surface area contributed by atoms with Crippen LogP contribution in [-0.2, 0) is 11.2 Å². The first kappa shape index (κ1) is 17.3. The van der Waals surface area contributed by atoms with Crippen molar-refractivity contribution in [1.29, 1.82) is 0 Å². The number of carbonyl (C=O) groups excluding carboxylic acids is 1. The number of hydrogen-bond donors (Lipinski definition) is 1. The molecule has 1 N–H and O–H groups in total. The van der Waals surface area contributed by atoms with E-state index in [9.17, 15) is 4.79 Å². The molecule has 3 rings (SSSR count). The average molecular weight is 329 g/mol. The van der Waals surface area contributed by atoms with E-state index in [1.807, 2.05) is 0 Å². The van der Waals surface area contributed by atoms with E-state index in [2.05, 4.69) is 46.4 Å². The van der Waals surface area contributed by atoms with E-state index in [-0.39, 0.29) is 11.9 Å². The Kier molecular flexibility index (Phi) is 6.13. The standard InChI is InChI=1S/C20H31N3O/c1-22-14-6-2-3-12-19(22)20(24)21-13-8-16-23-15-7-10-17-9-4-5-11-18(17)23/h4-5,9,11,19H,2-3,6-8,10,12-16H2,1H3,(H,21,24)/t19-/m1/s1. The molecule has 1 amide bonds. The first-order chi connectivity index (χ1) is 11.8. The van der Waals surface area contributed by atoms with Crippen molar-refractivity contribution in [3.8, 4) is 0 Å². The number of benzene rings is 1. The Morgan fingerprint density at radius 3 is 2.96 bits per heavy atom. The van der Waals surface area contributed by atoms with E-state index < -0.39 is 0 Å². The number of nitrogens with zero attached hydrogens (tertiary/aromatic N) is 2. The van der Waals surface area contributed by atoms with Crippen molar-refractivity contribution in [1.82, 2.24) is 10.2 Å². The van der Waals surface area contributed by atoms with Crippen LogP contribution >= 0.6 is 0 Å². The summed E-state index contributed by atoms with van der Waals surface area (Å²) < 4.78 is 0. The van der Waals surface area contributed by atoms with Gasteiger partial charge in [-0.25, -0.2) is 0 Å². The van der Waals surface area contributed by atoms with Gasteiger partial charge >= 0.3 is 0 Å². The molecule has 1 aromatic rings. The maximum atomic E-state index is 12.4. The molecule has 1 aromatic carbocycles. The molecule has 1 fully saturated rings. The molecule has 2 heterocycles. The summed E-state index contributed by atoms with van der Waals surface area (Å²) in [5, 5.41) is 3.17. The summed E-state index contributed by atoms with van der Waals surface area (Å²) in [6.07, 6.45) is 8.08. The van der Waals surface area contributed by atoms with Crippen LogP contribution in [0, 0.1) is 0 Å². The number of carbonyl (C=O) groups is 1. The van der Waals surface area contributed by atoms with Crippen molar-refractivity contribution in [3.05, 3.63) is 29.8 Å². The Bertz CT molecular complexity index is 545. The fourth-order valence-corrected chi connectivity index (χ4v) is 4.03. The molecule has 0 unspecified atom stereocenters. The number of likely N-dealkylation sites (tertiary alicyclic amines) is 1. The van der Waals surface area contributed by atoms with Gasteiger partial charge in [-0.15, -0.1) is 0 Å². The second-order valence-electron chi connectivity index (χ2n) is 7.21. The molecule has 1 saturated heterocycles. The summed E-state index contributed by atoms with van der Waals surface area (Å²) in [6.45, 7) is 3.98. The first-order valence-electron chi connectivity index (χ1n) is 9.56. The van der Waals surface area contributed by atoms with E-state index >= 15 is 0 Å². The number of anilines is 1. The Hall–Kier alpha value is -1.55. The summed E-state index contributed by atoms with van der Waals surface area (Å²) in [7, 11) is 2.08. The number of fused-ring (bicyclic) bond motifs is 1. The van der Waals surface area contributed by atoms with Gasteiger partial charge in [0, 0.05) is 25.3 Å². The molecule has 0 saturated carbocycles. The van der Waals surface area contributed by atoms with Crippen LogP contribution in [0.3, 0.4) is 0 Å². The number of rotatable bonds is 5. The van der Waals surface area contributed by atoms with Crippen molar-refractivity contribution in [2.45, 2.75) is 51.0 Å². The molecule has 132 valence electrons. The van der Waals surface area contributed by atoms with E-state index in [4.69, 9.17) is 0 Å². The van der Waals surface area contributed by atoms with E-state index in [1.54, 1.807) is 0 Å². The molecule has 0 aliphatic carbocycles. The molecule has 4 heteroatoms. The molecule has 0 spiro atoms. The molecule has 0 radical (unpaired) electrons. The van der Waals surface area contributed by atoms with Gasteiger partial charge in [0.15, 0.2) is 0 Å². The van der Waals surface area contributed by atoms with Crippen LogP contribution in [0.1, 0.15) is 44.1 Å². The SMILES string of the molecule is CN1CCCCC[C@@H]1C(=O)NCCCN1CCCc2ccccc21. The third-order valence-electron chi connectivity index (χ3n) is 5.43. The minimum atomic E-state index is 0.0724. The number of likely N-dealkylation sites (N-methyl/N-ethyl adjacent to an activating group) is 1. The van der Waals surface area contributed by atoms with Crippen LogP contribution in [0.25, 0.3) is 0 Å². The van der Waals surface area contributed by atoms with Gasteiger partial charge in [-0.1, -0.05) is 31.0 Å². The lowest BCUT2D eigenvalue weighted by molar-refractivity contribution is -0.126. The summed E-state index contributed by atoms with van der Waals surface area (Å²) in [6, 6.07) is 8.80. The number of amides is 1. The lowest BCUT2D eigenvalue weighted by atomic mass is 10.0. The van der Waals surface area contributed by atoms with Crippen LogP contribution in [-0.4, -0.2) is 50.1 Å². The van der Waals surface area contributed by atoms with Crippen LogP contribution in [0.2, 0.25) is 0 Å². The minimum Gasteiger partial charge on any atom is -0.371 e. The molecule has 0 bridgehead atoms. The number of nitrogens with one attached hydrogen (secondary N) is 1. The fourth-order valence-electron chi connectivity index (χ4n) is 4.03. The lowest BCUT2D eigenvalue weighted by Crippen LogP contribution is -2.45. The summed E-state index contributed by atoms with van der Waals surface area (Å²) in [5.74, 6) is 0.221. The maximum Gasteiger partial charge on any atom is 0.237 e.